The summed E-state index contributed by atoms with van der Waals surface area (Å²) >= 11 is 3.54. The summed E-state index contributed by atoms with van der Waals surface area (Å²) in [6.45, 7) is 2.13. The van der Waals surface area contributed by atoms with E-state index in [2.05, 4.69) is 32.9 Å². The highest BCUT2D eigenvalue weighted by Crippen LogP contribution is 2.52. The minimum absolute atomic E-state index is 0.142. The van der Waals surface area contributed by atoms with E-state index >= 15 is 0 Å². The van der Waals surface area contributed by atoms with Crippen LogP contribution in [0.4, 0.5) is 5.69 Å². The molecule has 0 fully saturated rings. The first-order valence-corrected chi connectivity index (χ1v) is 10.2. The number of nitrogens with one attached hydrogen (secondary N) is 1. The number of carbonyl (C=O) groups excluding carboxylic acids is 2. The zero-order valence-electron chi connectivity index (χ0n) is 15.8. The Balaban J connectivity index is 1.91. The molecule has 1 aromatic heterocycles. The van der Waals surface area contributed by atoms with Gasteiger partial charge >= 0.3 is 0 Å². The Morgan fingerprint density at radius 2 is 2.10 bits per heavy atom. The molecule has 2 aliphatic heterocycles. The van der Waals surface area contributed by atoms with E-state index in [0.29, 0.717) is 13.0 Å². The van der Waals surface area contributed by atoms with Gasteiger partial charge in [0, 0.05) is 34.4 Å². The van der Waals surface area contributed by atoms with Gasteiger partial charge in [-0.1, -0.05) is 40.0 Å². The highest BCUT2D eigenvalue weighted by Gasteiger charge is 2.60. The maximum absolute atomic E-state index is 14.0. The largest absolute Gasteiger partial charge is 0.355 e. The van der Waals surface area contributed by atoms with Gasteiger partial charge in [-0.05, 0) is 36.2 Å². The predicted molar refractivity (Wildman–Crippen MR) is 115 cm³/mol. The summed E-state index contributed by atoms with van der Waals surface area (Å²) in [5.74, 6) is 2.26. The van der Waals surface area contributed by atoms with Crippen molar-refractivity contribution in [2.45, 2.75) is 18.9 Å². The molecule has 2 aromatic carbocycles. The minimum Gasteiger partial charge on any atom is -0.355 e. The van der Waals surface area contributed by atoms with E-state index in [0.717, 1.165) is 37.9 Å². The fourth-order valence-electron chi connectivity index (χ4n) is 4.89. The second-order valence-corrected chi connectivity index (χ2v) is 8.33. The standard InChI is InChI=1S/C23H18BrN3O2/c1-3-11-26-20-9-8-15(24)13-18(20)23(22(26)29)21-17(10-12-27(23)14(2)28)16-6-4-5-7-19(16)25-21/h1,4-9,13,25H,10-12H2,2H3/t23-/m1/s1. The van der Waals surface area contributed by atoms with Gasteiger partial charge in [0.1, 0.15) is 0 Å². The number of anilines is 1. The molecule has 144 valence electrons. The third-order valence-corrected chi connectivity index (χ3v) is 6.48. The van der Waals surface area contributed by atoms with Crippen molar-refractivity contribution >= 4 is 44.3 Å². The molecule has 0 unspecified atom stereocenters. The number of para-hydroxylation sites is 1. The summed E-state index contributed by atoms with van der Waals surface area (Å²) < 4.78 is 0.845. The Labute approximate surface area is 176 Å². The highest BCUT2D eigenvalue weighted by molar-refractivity contribution is 9.10. The first kappa shape index (κ1) is 18.0. The molecule has 2 aliphatic rings. The molecule has 3 aromatic rings. The van der Waals surface area contributed by atoms with E-state index in [9.17, 15) is 9.59 Å². The van der Waals surface area contributed by atoms with Gasteiger partial charge in [0.05, 0.1) is 17.9 Å². The number of carbonyl (C=O) groups is 2. The summed E-state index contributed by atoms with van der Waals surface area (Å²) in [5, 5.41) is 1.09. The lowest BCUT2D eigenvalue weighted by Crippen LogP contribution is -2.58. The molecule has 5 rings (SSSR count). The molecule has 0 saturated carbocycles. The van der Waals surface area contributed by atoms with Gasteiger partial charge in [-0.3, -0.25) is 14.5 Å². The third kappa shape index (κ3) is 2.22. The van der Waals surface area contributed by atoms with Crippen LogP contribution in [0.5, 0.6) is 0 Å². The molecule has 29 heavy (non-hydrogen) atoms. The molecule has 0 aliphatic carbocycles. The van der Waals surface area contributed by atoms with Crippen LogP contribution in [0.2, 0.25) is 0 Å². The molecule has 1 atom stereocenters. The van der Waals surface area contributed by atoms with Crippen LogP contribution in [0.1, 0.15) is 23.7 Å². The molecule has 3 heterocycles. The zero-order chi connectivity index (χ0) is 20.3. The van der Waals surface area contributed by atoms with Crippen LogP contribution >= 0.6 is 15.9 Å². The molecule has 2 amide bonds. The van der Waals surface area contributed by atoms with Crippen LogP contribution in [0, 0.1) is 12.3 Å². The van der Waals surface area contributed by atoms with Gasteiger partial charge in [-0.2, -0.15) is 0 Å². The van der Waals surface area contributed by atoms with Gasteiger partial charge in [0.15, 0.2) is 5.54 Å². The number of hydrogen-bond acceptors (Lipinski definition) is 2. The average molecular weight is 448 g/mol. The fourth-order valence-corrected chi connectivity index (χ4v) is 5.25. The third-order valence-electron chi connectivity index (χ3n) is 5.99. The minimum atomic E-state index is -1.24. The number of aromatic amines is 1. The van der Waals surface area contributed by atoms with Crippen LogP contribution in [-0.2, 0) is 21.5 Å². The number of rotatable bonds is 1. The lowest BCUT2D eigenvalue weighted by atomic mass is 9.80. The Morgan fingerprint density at radius 1 is 1.31 bits per heavy atom. The molecule has 0 radical (unpaired) electrons. The number of halogens is 1. The van der Waals surface area contributed by atoms with Gasteiger partial charge in [0.25, 0.3) is 5.91 Å². The molecule has 1 spiro atoms. The number of terminal acetylenes is 1. The van der Waals surface area contributed by atoms with Crippen LogP contribution in [0.3, 0.4) is 0 Å². The van der Waals surface area contributed by atoms with Crippen molar-refractivity contribution in [3.63, 3.8) is 0 Å². The summed E-state index contributed by atoms with van der Waals surface area (Å²) in [6.07, 6.45) is 6.27. The van der Waals surface area contributed by atoms with Gasteiger partial charge in [0.2, 0.25) is 5.91 Å². The number of H-pyrrole nitrogens is 1. The summed E-state index contributed by atoms with van der Waals surface area (Å²) in [6, 6.07) is 13.7. The molecule has 5 nitrogen and oxygen atoms in total. The number of nitrogens with zero attached hydrogens (tertiary/aromatic N) is 2. The maximum atomic E-state index is 14.0. The monoisotopic (exact) mass is 447 g/mol. The summed E-state index contributed by atoms with van der Waals surface area (Å²) in [7, 11) is 0. The smallest absolute Gasteiger partial charge is 0.264 e. The van der Waals surface area contributed by atoms with Crippen molar-refractivity contribution in [3.05, 3.63) is 63.8 Å². The number of hydrogen-bond donors (Lipinski definition) is 1. The Bertz CT molecular complexity index is 1240. The number of amides is 2. The van der Waals surface area contributed by atoms with Crippen LogP contribution in [-0.4, -0.2) is 34.8 Å². The normalized spacial score (nSPS) is 20.1. The second-order valence-electron chi connectivity index (χ2n) is 7.41. The van der Waals surface area contributed by atoms with Gasteiger partial charge < -0.3 is 9.88 Å². The topological polar surface area (TPSA) is 56.4 Å². The van der Waals surface area contributed by atoms with Crippen molar-refractivity contribution < 1.29 is 9.59 Å². The van der Waals surface area contributed by atoms with E-state index in [1.807, 2.05) is 36.4 Å². The summed E-state index contributed by atoms with van der Waals surface area (Å²) in [4.78, 5) is 33.6. The molecule has 0 saturated heterocycles. The second kappa shape index (κ2) is 6.23. The van der Waals surface area contributed by atoms with Crippen molar-refractivity contribution in [2.75, 3.05) is 18.0 Å². The lowest BCUT2D eigenvalue weighted by molar-refractivity contribution is -0.143. The molecular formula is C23H18BrN3O2. The first-order valence-electron chi connectivity index (χ1n) is 9.44. The number of aromatic nitrogens is 1. The van der Waals surface area contributed by atoms with Crippen molar-refractivity contribution in [2.24, 2.45) is 0 Å². The molecule has 6 heteroatoms. The Hall–Kier alpha value is -3.04. The molecule has 0 bridgehead atoms. The SMILES string of the molecule is C#CCN1C(=O)[C@@]2(c3cc(Br)ccc31)c1[nH]c3ccccc3c1CCN2C(C)=O. The van der Waals surface area contributed by atoms with E-state index in [-0.39, 0.29) is 18.4 Å². The van der Waals surface area contributed by atoms with E-state index in [1.54, 1.807) is 9.80 Å². The Kier molecular flexibility index (Phi) is 3.87. The van der Waals surface area contributed by atoms with Crippen molar-refractivity contribution in [1.82, 2.24) is 9.88 Å². The quantitative estimate of drug-likeness (QED) is 0.579. The fraction of sp³-hybridized carbons (Fsp3) is 0.217. The van der Waals surface area contributed by atoms with Gasteiger partial charge in [-0.25, -0.2) is 0 Å². The molecular weight excluding hydrogens is 430 g/mol. The van der Waals surface area contributed by atoms with E-state index < -0.39 is 5.54 Å². The predicted octanol–water partition coefficient (Wildman–Crippen LogP) is 3.56. The molecule has 1 N–H and O–H groups in total. The zero-order valence-corrected chi connectivity index (χ0v) is 17.4. The lowest BCUT2D eigenvalue weighted by Gasteiger charge is -2.43. The van der Waals surface area contributed by atoms with E-state index in [4.69, 9.17) is 6.42 Å². The van der Waals surface area contributed by atoms with Crippen LogP contribution < -0.4 is 4.90 Å². The number of benzene rings is 2. The van der Waals surface area contributed by atoms with Gasteiger partial charge in [-0.15, -0.1) is 6.42 Å². The van der Waals surface area contributed by atoms with Crippen LogP contribution in [0.15, 0.2) is 46.9 Å². The maximum Gasteiger partial charge on any atom is 0.264 e. The number of fused-ring (bicyclic) bond motifs is 6. The van der Waals surface area contributed by atoms with Crippen molar-refractivity contribution in [3.8, 4) is 12.3 Å². The Morgan fingerprint density at radius 3 is 2.86 bits per heavy atom. The van der Waals surface area contributed by atoms with Crippen LogP contribution in [0.25, 0.3) is 10.9 Å². The van der Waals surface area contributed by atoms with Crippen molar-refractivity contribution in [1.29, 1.82) is 0 Å². The average Bonchev–Trinajstić information content (AvgIpc) is 3.19. The first-order chi connectivity index (χ1) is 14.0. The van der Waals surface area contributed by atoms with E-state index in [1.165, 1.54) is 6.92 Å². The summed E-state index contributed by atoms with van der Waals surface area (Å²) in [5.41, 5.74) is 3.09. The highest BCUT2D eigenvalue weighted by atomic mass is 79.9.